The molecule has 0 aromatic rings. The smallest absolute Gasteiger partial charge is 0.0504 e. The third kappa shape index (κ3) is 3.90. The van der Waals surface area contributed by atoms with E-state index in [1.165, 1.54) is 12.8 Å². The number of rotatable bonds is 6. The van der Waals surface area contributed by atoms with E-state index in [1.807, 2.05) is 0 Å². The molecule has 1 atom stereocenters. The largest absolute Gasteiger partial charge is 0.381 e. The van der Waals surface area contributed by atoms with Crippen molar-refractivity contribution in [2.75, 3.05) is 18.5 Å². The van der Waals surface area contributed by atoms with Gasteiger partial charge in [-0.2, -0.15) is 0 Å². The zero-order valence-corrected chi connectivity index (χ0v) is 9.64. The Morgan fingerprint density at radius 1 is 1.42 bits per heavy atom. The van der Waals surface area contributed by atoms with Gasteiger partial charge < -0.3 is 4.74 Å². The van der Waals surface area contributed by atoms with Gasteiger partial charge in [-0.3, -0.25) is 0 Å². The highest BCUT2D eigenvalue weighted by Gasteiger charge is 2.22. The summed E-state index contributed by atoms with van der Waals surface area (Å²) in [5, 5.41) is 1.06. The highest BCUT2D eigenvalue weighted by molar-refractivity contribution is 9.09. The van der Waals surface area contributed by atoms with Crippen molar-refractivity contribution in [3.05, 3.63) is 0 Å². The van der Waals surface area contributed by atoms with Crippen LogP contribution in [0.25, 0.3) is 0 Å². The summed E-state index contributed by atoms with van der Waals surface area (Å²) in [5.41, 5.74) is 0. The van der Waals surface area contributed by atoms with Crippen LogP contribution in [0.5, 0.6) is 0 Å². The molecule has 1 aliphatic carbocycles. The number of hydrogen-bond acceptors (Lipinski definition) is 1. The van der Waals surface area contributed by atoms with Crippen LogP contribution < -0.4 is 0 Å². The summed E-state index contributed by atoms with van der Waals surface area (Å²) in [7, 11) is 0. The van der Waals surface area contributed by atoms with Crippen molar-refractivity contribution in [1.29, 1.82) is 0 Å². The Hall–Kier alpha value is 0.440. The second kappa shape index (κ2) is 5.23. The van der Waals surface area contributed by atoms with E-state index in [9.17, 15) is 0 Å². The van der Waals surface area contributed by atoms with Crippen molar-refractivity contribution in [3.8, 4) is 0 Å². The first-order valence-corrected chi connectivity index (χ1v) is 6.00. The summed E-state index contributed by atoms with van der Waals surface area (Å²) in [6.45, 7) is 6.44. The first-order valence-electron chi connectivity index (χ1n) is 4.87. The summed E-state index contributed by atoms with van der Waals surface area (Å²) < 4.78 is 5.64. The lowest BCUT2D eigenvalue weighted by Gasteiger charge is -2.17. The lowest BCUT2D eigenvalue weighted by molar-refractivity contribution is 0.0843. The molecule has 0 aromatic carbocycles. The van der Waals surface area contributed by atoms with Gasteiger partial charge in [-0.05, 0) is 30.6 Å². The van der Waals surface area contributed by atoms with Gasteiger partial charge >= 0.3 is 0 Å². The molecule has 1 fully saturated rings. The predicted octanol–water partition coefficient (Wildman–Crippen LogP) is 3.08. The molecule has 72 valence electrons. The fourth-order valence-corrected chi connectivity index (χ4v) is 2.02. The first-order chi connectivity index (χ1) is 5.74. The summed E-state index contributed by atoms with van der Waals surface area (Å²) >= 11 is 3.52. The molecule has 1 saturated carbocycles. The van der Waals surface area contributed by atoms with Crippen molar-refractivity contribution in [3.63, 3.8) is 0 Å². The van der Waals surface area contributed by atoms with Crippen LogP contribution in [0.15, 0.2) is 0 Å². The van der Waals surface area contributed by atoms with E-state index in [-0.39, 0.29) is 0 Å². The van der Waals surface area contributed by atoms with Gasteiger partial charge in [0.2, 0.25) is 0 Å². The Kier molecular flexibility index (Phi) is 4.59. The Bertz CT molecular complexity index is 121. The molecule has 1 unspecified atom stereocenters. The predicted molar refractivity (Wildman–Crippen MR) is 55.7 cm³/mol. The summed E-state index contributed by atoms with van der Waals surface area (Å²) in [6.07, 6.45) is 2.78. The van der Waals surface area contributed by atoms with E-state index in [0.29, 0.717) is 5.92 Å². The zero-order valence-electron chi connectivity index (χ0n) is 8.05. The average molecular weight is 235 g/mol. The van der Waals surface area contributed by atoms with Gasteiger partial charge in [0.1, 0.15) is 0 Å². The molecule has 0 N–H and O–H groups in total. The van der Waals surface area contributed by atoms with E-state index in [1.54, 1.807) is 0 Å². The normalized spacial score (nSPS) is 20.0. The molecule has 0 radical (unpaired) electrons. The van der Waals surface area contributed by atoms with Crippen molar-refractivity contribution >= 4 is 15.9 Å². The molecule has 0 heterocycles. The van der Waals surface area contributed by atoms with E-state index in [0.717, 1.165) is 30.4 Å². The molecule has 1 rings (SSSR count). The van der Waals surface area contributed by atoms with E-state index >= 15 is 0 Å². The molecule has 0 spiro atoms. The third-order valence-electron chi connectivity index (χ3n) is 2.52. The fourth-order valence-electron chi connectivity index (χ4n) is 1.09. The van der Waals surface area contributed by atoms with Crippen molar-refractivity contribution < 1.29 is 4.74 Å². The van der Waals surface area contributed by atoms with Crippen LogP contribution in [0.4, 0.5) is 0 Å². The van der Waals surface area contributed by atoms with Crippen LogP contribution in [-0.2, 0) is 4.74 Å². The highest BCUT2D eigenvalue weighted by Crippen LogP contribution is 2.29. The fraction of sp³-hybridized carbons (Fsp3) is 1.00. The minimum absolute atomic E-state index is 0.684. The number of halogens is 1. The molecule has 0 bridgehead atoms. The topological polar surface area (TPSA) is 9.23 Å². The van der Waals surface area contributed by atoms with Crippen molar-refractivity contribution in [2.45, 2.75) is 26.7 Å². The third-order valence-corrected chi connectivity index (χ3v) is 3.36. The molecule has 0 aromatic heterocycles. The molecule has 0 aliphatic heterocycles. The van der Waals surface area contributed by atoms with E-state index < -0.39 is 0 Å². The molecule has 2 heteroatoms. The zero-order chi connectivity index (χ0) is 8.97. The maximum absolute atomic E-state index is 5.64. The van der Waals surface area contributed by atoms with Gasteiger partial charge in [0.05, 0.1) is 6.61 Å². The minimum atomic E-state index is 0.684. The lowest BCUT2D eigenvalue weighted by atomic mass is 9.99. The summed E-state index contributed by atoms with van der Waals surface area (Å²) in [5.74, 6) is 2.31. The SMILES string of the molecule is CC(C)C(CBr)COCC1CC1. The monoisotopic (exact) mass is 234 g/mol. The maximum atomic E-state index is 5.64. The Morgan fingerprint density at radius 3 is 2.50 bits per heavy atom. The highest BCUT2D eigenvalue weighted by atomic mass is 79.9. The van der Waals surface area contributed by atoms with Gasteiger partial charge in [-0.1, -0.05) is 29.8 Å². The molecule has 1 aliphatic rings. The quantitative estimate of drug-likeness (QED) is 0.643. The maximum Gasteiger partial charge on any atom is 0.0504 e. The second-order valence-corrected chi connectivity index (χ2v) is 4.79. The van der Waals surface area contributed by atoms with Gasteiger partial charge in [-0.15, -0.1) is 0 Å². The van der Waals surface area contributed by atoms with Crippen LogP contribution in [0.1, 0.15) is 26.7 Å². The number of alkyl halides is 1. The average Bonchev–Trinajstić information content (AvgIpc) is 2.80. The van der Waals surface area contributed by atoms with Gasteiger partial charge in [0.25, 0.3) is 0 Å². The molecule has 12 heavy (non-hydrogen) atoms. The van der Waals surface area contributed by atoms with E-state index in [4.69, 9.17) is 4.74 Å². The lowest BCUT2D eigenvalue weighted by Crippen LogP contribution is -2.18. The Labute approximate surface area is 84.0 Å². The molecule has 0 saturated heterocycles. The van der Waals surface area contributed by atoms with Crippen LogP contribution in [0.3, 0.4) is 0 Å². The Balaban J connectivity index is 2.01. The summed E-state index contributed by atoms with van der Waals surface area (Å²) in [6, 6.07) is 0. The minimum Gasteiger partial charge on any atom is -0.381 e. The van der Waals surface area contributed by atoms with Gasteiger partial charge in [0.15, 0.2) is 0 Å². The number of ether oxygens (including phenoxy) is 1. The molecular formula is C10H19BrO. The van der Waals surface area contributed by atoms with Crippen LogP contribution >= 0.6 is 15.9 Å². The van der Waals surface area contributed by atoms with E-state index in [2.05, 4.69) is 29.8 Å². The standard InChI is InChI=1S/C10H19BrO/c1-8(2)10(5-11)7-12-6-9-3-4-9/h8-10H,3-7H2,1-2H3. The van der Waals surface area contributed by atoms with Crippen LogP contribution in [-0.4, -0.2) is 18.5 Å². The molecule has 0 amide bonds. The molecule has 1 nitrogen and oxygen atoms in total. The van der Waals surface area contributed by atoms with Gasteiger partial charge in [-0.25, -0.2) is 0 Å². The summed E-state index contributed by atoms with van der Waals surface area (Å²) in [4.78, 5) is 0. The second-order valence-electron chi connectivity index (χ2n) is 4.14. The number of hydrogen-bond donors (Lipinski definition) is 0. The van der Waals surface area contributed by atoms with Crippen LogP contribution in [0.2, 0.25) is 0 Å². The van der Waals surface area contributed by atoms with Crippen molar-refractivity contribution in [2.24, 2.45) is 17.8 Å². The van der Waals surface area contributed by atoms with Crippen molar-refractivity contribution in [1.82, 2.24) is 0 Å². The molecular weight excluding hydrogens is 216 g/mol. The Morgan fingerprint density at radius 2 is 2.08 bits per heavy atom. The first kappa shape index (κ1) is 10.5. The van der Waals surface area contributed by atoms with Crippen LogP contribution in [0, 0.1) is 17.8 Å². The van der Waals surface area contributed by atoms with Gasteiger partial charge in [0, 0.05) is 11.9 Å².